The van der Waals surface area contributed by atoms with E-state index in [1.165, 1.54) is 0 Å². The van der Waals surface area contributed by atoms with Crippen molar-refractivity contribution in [3.05, 3.63) is 65.9 Å². The van der Waals surface area contributed by atoms with Crippen molar-refractivity contribution in [1.29, 1.82) is 0 Å². The van der Waals surface area contributed by atoms with Crippen LogP contribution in [0.5, 0.6) is 0 Å². The van der Waals surface area contributed by atoms with Crippen molar-refractivity contribution in [1.82, 2.24) is 0 Å². The number of benzene rings is 2. The summed E-state index contributed by atoms with van der Waals surface area (Å²) in [5.74, 6) is 0.358. The average molecular weight is 335 g/mol. The van der Waals surface area contributed by atoms with Gasteiger partial charge in [-0.1, -0.05) is 18.2 Å². The number of hydrogen-bond donors (Lipinski definition) is 1. The van der Waals surface area contributed by atoms with Gasteiger partial charge in [-0.3, -0.25) is 4.79 Å². The number of amides is 1. The molecule has 0 atom stereocenters. The standard InChI is InChI=1S/C20H17NO4/c22-19(13-5-6-13)21-16-9-7-14(8-10-16)20(23)24-12-17-11-15-3-1-2-4-18(15)25-17/h1-4,7-11,13H,5-6,12H2,(H,21,22). The number of hydrogen-bond acceptors (Lipinski definition) is 4. The molecule has 3 aromatic rings. The van der Waals surface area contributed by atoms with E-state index in [9.17, 15) is 9.59 Å². The molecular formula is C20H17NO4. The molecule has 2 aromatic carbocycles. The van der Waals surface area contributed by atoms with Gasteiger partial charge in [-0.15, -0.1) is 0 Å². The topological polar surface area (TPSA) is 68.5 Å². The smallest absolute Gasteiger partial charge is 0.338 e. The maximum absolute atomic E-state index is 12.1. The van der Waals surface area contributed by atoms with Crippen LogP contribution in [0.15, 0.2) is 59.0 Å². The zero-order valence-electron chi connectivity index (χ0n) is 13.5. The Morgan fingerprint density at radius 1 is 1.08 bits per heavy atom. The Labute approximate surface area is 144 Å². The molecule has 5 nitrogen and oxygen atoms in total. The van der Waals surface area contributed by atoms with E-state index in [1.54, 1.807) is 24.3 Å². The number of para-hydroxylation sites is 1. The van der Waals surface area contributed by atoms with Gasteiger partial charge < -0.3 is 14.5 Å². The number of rotatable bonds is 5. The van der Waals surface area contributed by atoms with Crippen molar-refractivity contribution in [2.75, 3.05) is 5.32 Å². The lowest BCUT2D eigenvalue weighted by atomic mass is 10.2. The first-order chi connectivity index (χ1) is 12.2. The summed E-state index contributed by atoms with van der Waals surface area (Å²) in [6, 6.07) is 16.2. The molecule has 1 N–H and O–H groups in total. The molecule has 1 fully saturated rings. The molecule has 0 saturated heterocycles. The Balaban J connectivity index is 1.36. The minimum Gasteiger partial charge on any atom is -0.457 e. The van der Waals surface area contributed by atoms with Gasteiger partial charge in [-0.2, -0.15) is 0 Å². The number of carbonyl (C=O) groups is 2. The number of ether oxygens (including phenoxy) is 1. The van der Waals surface area contributed by atoms with Gasteiger partial charge in [0.25, 0.3) is 0 Å². The summed E-state index contributed by atoms with van der Waals surface area (Å²) in [6.45, 7) is 0.0771. The van der Waals surface area contributed by atoms with Gasteiger partial charge in [0, 0.05) is 17.0 Å². The summed E-state index contributed by atoms with van der Waals surface area (Å²) in [5.41, 5.74) is 1.88. The van der Waals surface area contributed by atoms with Gasteiger partial charge in [0.15, 0.2) is 0 Å². The molecule has 1 aliphatic carbocycles. The van der Waals surface area contributed by atoms with E-state index >= 15 is 0 Å². The number of nitrogens with one attached hydrogen (secondary N) is 1. The summed E-state index contributed by atoms with van der Waals surface area (Å²) >= 11 is 0. The average Bonchev–Trinajstić information content (AvgIpc) is 3.40. The summed E-state index contributed by atoms with van der Waals surface area (Å²) in [7, 11) is 0. The van der Waals surface area contributed by atoms with Crippen LogP contribution < -0.4 is 5.32 Å². The predicted molar refractivity (Wildman–Crippen MR) is 93.1 cm³/mol. The van der Waals surface area contributed by atoms with Gasteiger partial charge in [-0.25, -0.2) is 4.79 Å². The maximum atomic E-state index is 12.1. The fraction of sp³-hybridized carbons (Fsp3) is 0.200. The molecule has 1 saturated carbocycles. The molecule has 0 aliphatic heterocycles. The summed E-state index contributed by atoms with van der Waals surface area (Å²) in [6.07, 6.45) is 1.91. The fourth-order valence-electron chi connectivity index (χ4n) is 2.61. The largest absolute Gasteiger partial charge is 0.457 e. The van der Waals surface area contributed by atoms with Gasteiger partial charge in [-0.05, 0) is 49.2 Å². The summed E-state index contributed by atoms with van der Waals surface area (Å²) < 4.78 is 10.9. The van der Waals surface area contributed by atoms with Crippen LogP contribution in [0, 0.1) is 5.92 Å². The minimum absolute atomic E-state index is 0.0419. The van der Waals surface area contributed by atoms with Crippen LogP contribution in [0.2, 0.25) is 0 Å². The Hall–Kier alpha value is -3.08. The Bertz CT molecular complexity index is 889. The van der Waals surface area contributed by atoms with Crippen LogP contribution in [0.3, 0.4) is 0 Å². The molecule has 0 bridgehead atoms. The van der Waals surface area contributed by atoms with E-state index in [4.69, 9.17) is 9.15 Å². The third kappa shape index (κ3) is 3.55. The summed E-state index contributed by atoms with van der Waals surface area (Å²) in [5, 5.41) is 3.81. The van der Waals surface area contributed by atoms with Crippen molar-refractivity contribution < 1.29 is 18.7 Å². The van der Waals surface area contributed by atoms with E-state index < -0.39 is 5.97 Å². The predicted octanol–water partition coefficient (Wildman–Crippen LogP) is 4.14. The highest BCUT2D eigenvalue weighted by molar-refractivity contribution is 5.95. The Kier molecular flexibility index (Phi) is 3.98. The van der Waals surface area contributed by atoms with Crippen molar-refractivity contribution in [2.45, 2.75) is 19.4 Å². The normalized spacial score (nSPS) is 13.6. The fourth-order valence-corrected chi connectivity index (χ4v) is 2.61. The molecule has 25 heavy (non-hydrogen) atoms. The molecule has 0 radical (unpaired) electrons. The lowest BCUT2D eigenvalue weighted by molar-refractivity contribution is -0.117. The van der Waals surface area contributed by atoms with Gasteiger partial charge >= 0.3 is 5.97 Å². The highest BCUT2D eigenvalue weighted by Crippen LogP contribution is 2.30. The van der Waals surface area contributed by atoms with Gasteiger partial charge in [0.1, 0.15) is 18.0 Å². The van der Waals surface area contributed by atoms with Crippen molar-refractivity contribution in [3.63, 3.8) is 0 Å². The lowest BCUT2D eigenvalue weighted by Gasteiger charge is -2.06. The lowest BCUT2D eigenvalue weighted by Crippen LogP contribution is -2.13. The number of anilines is 1. The quantitative estimate of drug-likeness (QED) is 0.712. The second-order valence-corrected chi connectivity index (χ2v) is 6.17. The van der Waals surface area contributed by atoms with E-state index in [1.807, 2.05) is 30.3 Å². The first-order valence-electron chi connectivity index (χ1n) is 8.24. The summed E-state index contributed by atoms with van der Waals surface area (Å²) in [4.78, 5) is 23.8. The molecule has 0 unspecified atom stereocenters. The molecule has 1 aliphatic rings. The molecule has 1 aromatic heterocycles. The SMILES string of the molecule is O=C(OCc1cc2ccccc2o1)c1ccc(NC(=O)C2CC2)cc1. The highest BCUT2D eigenvalue weighted by atomic mass is 16.5. The zero-order chi connectivity index (χ0) is 17.2. The molecule has 0 spiro atoms. The first-order valence-corrected chi connectivity index (χ1v) is 8.24. The molecule has 4 rings (SSSR count). The second-order valence-electron chi connectivity index (χ2n) is 6.17. The van der Waals surface area contributed by atoms with E-state index in [0.29, 0.717) is 17.0 Å². The van der Waals surface area contributed by atoms with Gasteiger partial charge in [0.2, 0.25) is 5.91 Å². The molecule has 5 heteroatoms. The van der Waals surface area contributed by atoms with Gasteiger partial charge in [0.05, 0.1) is 5.56 Å². The van der Waals surface area contributed by atoms with Crippen LogP contribution >= 0.6 is 0 Å². The van der Waals surface area contributed by atoms with Crippen molar-refractivity contribution in [3.8, 4) is 0 Å². The third-order valence-corrected chi connectivity index (χ3v) is 4.16. The molecule has 1 amide bonds. The Morgan fingerprint density at radius 3 is 2.56 bits per heavy atom. The van der Waals surface area contributed by atoms with Crippen LogP contribution in [0.25, 0.3) is 11.0 Å². The van der Waals surface area contributed by atoms with E-state index in [-0.39, 0.29) is 18.4 Å². The first kappa shape index (κ1) is 15.4. The molecular weight excluding hydrogens is 318 g/mol. The van der Waals surface area contributed by atoms with Crippen LogP contribution in [-0.2, 0) is 16.1 Å². The minimum atomic E-state index is -0.430. The Morgan fingerprint density at radius 2 is 1.84 bits per heavy atom. The molecule has 1 heterocycles. The molecule has 126 valence electrons. The van der Waals surface area contributed by atoms with E-state index in [2.05, 4.69) is 5.32 Å². The third-order valence-electron chi connectivity index (χ3n) is 4.16. The van der Waals surface area contributed by atoms with Crippen molar-refractivity contribution >= 4 is 28.5 Å². The number of furan rings is 1. The maximum Gasteiger partial charge on any atom is 0.338 e. The number of fused-ring (bicyclic) bond motifs is 1. The van der Waals surface area contributed by atoms with Crippen LogP contribution in [0.1, 0.15) is 29.0 Å². The zero-order valence-corrected chi connectivity index (χ0v) is 13.5. The van der Waals surface area contributed by atoms with Crippen LogP contribution in [0.4, 0.5) is 5.69 Å². The highest BCUT2D eigenvalue weighted by Gasteiger charge is 2.29. The number of esters is 1. The van der Waals surface area contributed by atoms with Crippen LogP contribution in [-0.4, -0.2) is 11.9 Å². The van der Waals surface area contributed by atoms with E-state index in [0.717, 1.165) is 23.8 Å². The number of carbonyl (C=O) groups excluding carboxylic acids is 2. The van der Waals surface area contributed by atoms with Crippen molar-refractivity contribution in [2.24, 2.45) is 5.92 Å². The monoisotopic (exact) mass is 335 g/mol. The second kappa shape index (κ2) is 6.43.